The minimum atomic E-state index is -0.372. The molecule has 21 heavy (non-hydrogen) atoms. The first-order valence-corrected chi connectivity index (χ1v) is 6.58. The van der Waals surface area contributed by atoms with E-state index in [0.717, 1.165) is 16.5 Å². The average molecular weight is 280 g/mol. The molecule has 1 aromatic heterocycles. The second-order valence-electron chi connectivity index (χ2n) is 4.91. The summed E-state index contributed by atoms with van der Waals surface area (Å²) < 4.78 is 15.9. The predicted octanol–water partition coefficient (Wildman–Crippen LogP) is 3.19. The highest BCUT2D eigenvalue weighted by Crippen LogP contribution is 2.20. The summed E-state index contributed by atoms with van der Waals surface area (Å²) in [5.41, 5.74) is 2.69. The lowest BCUT2D eigenvalue weighted by Crippen LogP contribution is -2.01. The number of rotatable bonds is 3. The number of aliphatic hydroxyl groups excluding tert-OH is 1. The van der Waals surface area contributed by atoms with Gasteiger partial charge in [-0.25, -0.2) is 4.39 Å². The molecule has 0 unspecified atom stereocenters. The molecule has 4 heteroatoms. The van der Waals surface area contributed by atoms with Gasteiger partial charge in [-0.15, -0.1) is 0 Å². The SMILES string of the molecule is N#Cc1ccc(Cn2ccc3cc(CO)ccc32)c(F)c1. The lowest BCUT2D eigenvalue weighted by atomic mass is 10.1. The number of hydrogen-bond acceptors (Lipinski definition) is 2. The average Bonchev–Trinajstić information content (AvgIpc) is 2.91. The Morgan fingerprint density at radius 2 is 2.00 bits per heavy atom. The van der Waals surface area contributed by atoms with Gasteiger partial charge in [0.05, 0.1) is 24.8 Å². The molecule has 0 atom stereocenters. The molecule has 0 aliphatic carbocycles. The highest BCUT2D eigenvalue weighted by Gasteiger charge is 2.07. The molecule has 2 aromatic carbocycles. The maximum absolute atomic E-state index is 14.0. The van der Waals surface area contributed by atoms with Crippen molar-refractivity contribution in [2.24, 2.45) is 0 Å². The van der Waals surface area contributed by atoms with Crippen molar-refractivity contribution in [2.75, 3.05) is 0 Å². The zero-order valence-corrected chi connectivity index (χ0v) is 11.3. The van der Waals surface area contributed by atoms with Crippen molar-refractivity contribution in [3.8, 4) is 6.07 Å². The summed E-state index contributed by atoms with van der Waals surface area (Å²) in [6.45, 7) is 0.408. The summed E-state index contributed by atoms with van der Waals surface area (Å²) in [5.74, 6) is -0.372. The van der Waals surface area contributed by atoms with E-state index in [1.165, 1.54) is 6.07 Å². The molecular weight excluding hydrogens is 267 g/mol. The van der Waals surface area contributed by atoms with Gasteiger partial charge in [-0.2, -0.15) is 5.26 Å². The topological polar surface area (TPSA) is 49.0 Å². The maximum Gasteiger partial charge on any atom is 0.129 e. The Kier molecular flexibility index (Phi) is 3.43. The van der Waals surface area contributed by atoms with E-state index in [4.69, 9.17) is 10.4 Å². The van der Waals surface area contributed by atoms with Crippen molar-refractivity contribution in [1.29, 1.82) is 5.26 Å². The first kappa shape index (κ1) is 13.3. The van der Waals surface area contributed by atoms with E-state index in [0.29, 0.717) is 17.7 Å². The van der Waals surface area contributed by atoms with Crippen LogP contribution < -0.4 is 0 Å². The Labute approximate surface area is 121 Å². The van der Waals surface area contributed by atoms with Gasteiger partial charge >= 0.3 is 0 Å². The summed E-state index contributed by atoms with van der Waals surface area (Å²) in [7, 11) is 0. The van der Waals surface area contributed by atoms with Gasteiger partial charge in [-0.1, -0.05) is 12.1 Å². The molecule has 0 aliphatic rings. The van der Waals surface area contributed by atoms with Gasteiger partial charge in [0.25, 0.3) is 0 Å². The third-order valence-electron chi connectivity index (χ3n) is 3.54. The predicted molar refractivity (Wildman–Crippen MR) is 78.1 cm³/mol. The maximum atomic E-state index is 14.0. The Morgan fingerprint density at radius 3 is 2.71 bits per heavy atom. The third-order valence-corrected chi connectivity index (χ3v) is 3.54. The lowest BCUT2D eigenvalue weighted by Gasteiger charge is -2.07. The Bertz CT molecular complexity index is 846. The van der Waals surface area contributed by atoms with E-state index in [1.807, 2.05) is 41.1 Å². The number of aliphatic hydroxyl groups is 1. The summed E-state index contributed by atoms with van der Waals surface area (Å²) in [5, 5.41) is 18.9. The standard InChI is InChI=1S/C17H13FN2O/c18-16-8-12(9-19)1-3-15(16)10-20-6-5-14-7-13(11-21)2-4-17(14)20/h1-8,21H,10-11H2. The van der Waals surface area contributed by atoms with E-state index in [9.17, 15) is 4.39 Å². The van der Waals surface area contributed by atoms with Gasteiger partial charge in [0.1, 0.15) is 5.82 Å². The molecule has 0 spiro atoms. The van der Waals surface area contributed by atoms with Crippen molar-refractivity contribution < 1.29 is 9.50 Å². The Hall–Kier alpha value is -2.64. The van der Waals surface area contributed by atoms with E-state index in [2.05, 4.69) is 0 Å². The van der Waals surface area contributed by atoms with Crippen molar-refractivity contribution in [1.82, 2.24) is 4.57 Å². The van der Waals surface area contributed by atoms with Crippen LogP contribution >= 0.6 is 0 Å². The zero-order chi connectivity index (χ0) is 14.8. The lowest BCUT2D eigenvalue weighted by molar-refractivity contribution is 0.282. The molecule has 1 heterocycles. The third kappa shape index (κ3) is 2.51. The van der Waals surface area contributed by atoms with Gasteiger partial charge in [0, 0.05) is 17.3 Å². The number of hydrogen-bond donors (Lipinski definition) is 1. The summed E-state index contributed by atoms with van der Waals surface area (Å²) in [4.78, 5) is 0. The van der Waals surface area contributed by atoms with Crippen LogP contribution in [0.25, 0.3) is 10.9 Å². The van der Waals surface area contributed by atoms with Crippen molar-refractivity contribution in [3.63, 3.8) is 0 Å². The molecule has 0 saturated heterocycles. The summed E-state index contributed by atoms with van der Waals surface area (Å²) in [6.07, 6.45) is 1.89. The quantitative estimate of drug-likeness (QED) is 0.801. The molecule has 0 fully saturated rings. The molecule has 3 nitrogen and oxygen atoms in total. The van der Waals surface area contributed by atoms with E-state index in [-0.39, 0.29) is 12.4 Å². The molecule has 1 N–H and O–H groups in total. The fraction of sp³-hybridized carbons (Fsp3) is 0.118. The van der Waals surface area contributed by atoms with E-state index in [1.54, 1.807) is 12.1 Å². The molecule has 104 valence electrons. The highest BCUT2D eigenvalue weighted by atomic mass is 19.1. The highest BCUT2D eigenvalue weighted by molar-refractivity contribution is 5.81. The summed E-state index contributed by atoms with van der Waals surface area (Å²) in [6, 6.07) is 14.1. The van der Waals surface area contributed by atoms with Crippen molar-refractivity contribution in [3.05, 3.63) is 71.2 Å². The second kappa shape index (κ2) is 5.39. The Morgan fingerprint density at radius 1 is 1.14 bits per heavy atom. The fourth-order valence-corrected chi connectivity index (χ4v) is 2.41. The minimum absolute atomic E-state index is 0.00533. The van der Waals surface area contributed by atoms with Gasteiger partial charge in [0.15, 0.2) is 0 Å². The molecule has 0 saturated carbocycles. The largest absolute Gasteiger partial charge is 0.392 e. The monoisotopic (exact) mass is 280 g/mol. The van der Waals surface area contributed by atoms with Gasteiger partial charge in [0.2, 0.25) is 0 Å². The van der Waals surface area contributed by atoms with Gasteiger partial charge in [-0.05, 0) is 41.3 Å². The van der Waals surface area contributed by atoms with Crippen molar-refractivity contribution in [2.45, 2.75) is 13.2 Å². The molecular formula is C17H13FN2O. The van der Waals surface area contributed by atoms with Crippen LogP contribution in [0.2, 0.25) is 0 Å². The number of aromatic nitrogens is 1. The molecule has 0 bridgehead atoms. The fourth-order valence-electron chi connectivity index (χ4n) is 2.41. The smallest absolute Gasteiger partial charge is 0.129 e. The van der Waals surface area contributed by atoms with Gasteiger partial charge < -0.3 is 9.67 Å². The molecule has 0 radical (unpaired) electrons. The first-order chi connectivity index (χ1) is 10.2. The summed E-state index contributed by atoms with van der Waals surface area (Å²) >= 11 is 0. The van der Waals surface area contributed by atoms with Gasteiger partial charge in [-0.3, -0.25) is 0 Å². The minimum Gasteiger partial charge on any atom is -0.392 e. The van der Waals surface area contributed by atoms with Crippen LogP contribution in [0.4, 0.5) is 4.39 Å². The van der Waals surface area contributed by atoms with E-state index >= 15 is 0 Å². The van der Waals surface area contributed by atoms with Crippen LogP contribution in [0, 0.1) is 17.1 Å². The number of benzene rings is 2. The zero-order valence-electron chi connectivity index (χ0n) is 11.3. The molecule has 0 aliphatic heterocycles. The second-order valence-corrected chi connectivity index (χ2v) is 4.91. The Balaban J connectivity index is 1.97. The van der Waals surface area contributed by atoms with Crippen LogP contribution in [-0.4, -0.2) is 9.67 Å². The number of halogens is 1. The number of nitrogens with zero attached hydrogens (tertiary/aromatic N) is 2. The number of fused-ring (bicyclic) bond motifs is 1. The van der Waals surface area contributed by atoms with Crippen LogP contribution in [0.15, 0.2) is 48.7 Å². The molecule has 0 amide bonds. The molecule has 3 aromatic rings. The van der Waals surface area contributed by atoms with Crippen molar-refractivity contribution >= 4 is 10.9 Å². The normalized spacial score (nSPS) is 10.7. The van der Waals surface area contributed by atoms with E-state index < -0.39 is 0 Å². The number of nitriles is 1. The van der Waals surface area contributed by atoms with Crippen LogP contribution in [0.1, 0.15) is 16.7 Å². The van der Waals surface area contributed by atoms with Crippen LogP contribution in [-0.2, 0) is 13.2 Å². The molecule has 3 rings (SSSR count). The van der Waals surface area contributed by atoms with Crippen LogP contribution in [0.5, 0.6) is 0 Å². The van der Waals surface area contributed by atoms with Crippen LogP contribution in [0.3, 0.4) is 0 Å². The first-order valence-electron chi connectivity index (χ1n) is 6.58.